The molecule has 2 aromatic rings. The largest absolute Gasteiger partial charge is 0.334 e. The van der Waals surface area contributed by atoms with E-state index in [4.69, 9.17) is 5.73 Å². The summed E-state index contributed by atoms with van der Waals surface area (Å²) in [5, 5.41) is 0. The van der Waals surface area contributed by atoms with E-state index in [0.717, 1.165) is 12.2 Å². The Labute approximate surface area is 102 Å². The predicted octanol–water partition coefficient (Wildman–Crippen LogP) is 2.24. The molecule has 0 saturated carbocycles. The third-order valence-electron chi connectivity index (χ3n) is 3.32. The maximum atomic E-state index is 5.88. The van der Waals surface area contributed by atoms with Gasteiger partial charge in [-0.3, -0.25) is 0 Å². The van der Waals surface area contributed by atoms with Gasteiger partial charge in [-0.1, -0.05) is 30.3 Å². The van der Waals surface area contributed by atoms with Crippen LogP contribution in [0.5, 0.6) is 0 Å². The van der Waals surface area contributed by atoms with Gasteiger partial charge < -0.3 is 10.3 Å². The van der Waals surface area contributed by atoms with Crippen LogP contribution in [0.1, 0.15) is 22.9 Å². The van der Waals surface area contributed by atoms with Gasteiger partial charge in [-0.2, -0.15) is 0 Å². The van der Waals surface area contributed by atoms with Crippen molar-refractivity contribution in [3.05, 3.63) is 53.6 Å². The maximum absolute atomic E-state index is 5.88. The molecule has 0 aliphatic rings. The first-order valence-corrected chi connectivity index (χ1v) is 5.95. The fraction of sp³-hybridized carbons (Fsp3) is 0.357. The van der Waals surface area contributed by atoms with Gasteiger partial charge in [-0.15, -0.1) is 0 Å². The van der Waals surface area contributed by atoms with Gasteiger partial charge in [0.15, 0.2) is 0 Å². The molecule has 2 rings (SSSR count). The molecule has 0 aliphatic heterocycles. The summed E-state index contributed by atoms with van der Waals surface area (Å²) >= 11 is 0. The van der Waals surface area contributed by atoms with Gasteiger partial charge in [-0.25, -0.2) is 4.98 Å². The topological polar surface area (TPSA) is 43.8 Å². The molecule has 1 aromatic heterocycles. The molecule has 0 saturated heterocycles. The molecule has 3 heteroatoms. The number of hydrogen-bond donors (Lipinski definition) is 1. The fourth-order valence-corrected chi connectivity index (χ4v) is 2.01. The van der Waals surface area contributed by atoms with Crippen LogP contribution in [0.4, 0.5) is 0 Å². The molecule has 2 N–H and O–H groups in total. The minimum Gasteiger partial charge on any atom is -0.334 e. The van der Waals surface area contributed by atoms with Crippen LogP contribution in [0.3, 0.4) is 0 Å². The maximum Gasteiger partial charge on any atom is 0.0951 e. The Hall–Kier alpha value is -1.61. The van der Waals surface area contributed by atoms with E-state index in [1.165, 1.54) is 11.3 Å². The molecule has 0 spiro atoms. The van der Waals surface area contributed by atoms with Crippen LogP contribution in [0, 0.1) is 13.8 Å². The molecule has 0 amide bonds. The summed E-state index contributed by atoms with van der Waals surface area (Å²) in [6.45, 7) is 5.68. The number of hydrogen-bond acceptors (Lipinski definition) is 2. The van der Waals surface area contributed by atoms with Crippen LogP contribution in [0.2, 0.25) is 0 Å². The summed E-state index contributed by atoms with van der Waals surface area (Å²) in [7, 11) is 0. The standard InChI is InChI=1S/C14H19N3/c1-11-12(2)17(10-16-11)9-14(8-15)13-6-4-3-5-7-13/h3-7,10,14H,8-9,15H2,1-2H3. The number of imidazole rings is 1. The molecule has 90 valence electrons. The highest BCUT2D eigenvalue weighted by atomic mass is 15.1. The van der Waals surface area contributed by atoms with Crippen molar-refractivity contribution < 1.29 is 0 Å². The van der Waals surface area contributed by atoms with Crippen molar-refractivity contribution in [2.45, 2.75) is 26.3 Å². The number of nitrogens with two attached hydrogens (primary N) is 1. The third kappa shape index (κ3) is 2.56. The minimum absolute atomic E-state index is 0.350. The Morgan fingerprint density at radius 1 is 1.24 bits per heavy atom. The van der Waals surface area contributed by atoms with E-state index in [0.29, 0.717) is 12.5 Å². The molecular formula is C14H19N3. The molecule has 1 atom stereocenters. The normalized spacial score (nSPS) is 12.6. The summed E-state index contributed by atoms with van der Waals surface area (Å²) in [5.41, 5.74) is 9.48. The molecule has 0 radical (unpaired) electrons. The van der Waals surface area contributed by atoms with Crippen molar-refractivity contribution in [3.63, 3.8) is 0 Å². The monoisotopic (exact) mass is 229 g/mol. The van der Waals surface area contributed by atoms with E-state index in [9.17, 15) is 0 Å². The molecule has 0 aliphatic carbocycles. The fourth-order valence-electron chi connectivity index (χ4n) is 2.01. The van der Waals surface area contributed by atoms with Crippen LogP contribution >= 0.6 is 0 Å². The van der Waals surface area contributed by atoms with Crippen molar-refractivity contribution >= 4 is 0 Å². The highest BCUT2D eigenvalue weighted by Gasteiger charge is 2.12. The Morgan fingerprint density at radius 2 is 1.94 bits per heavy atom. The zero-order valence-electron chi connectivity index (χ0n) is 10.4. The third-order valence-corrected chi connectivity index (χ3v) is 3.32. The van der Waals surface area contributed by atoms with Crippen molar-refractivity contribution in [3.8, 4) is 0 Å². The average molecular weight is 229 g/mol. The van der Waals surface area contributed by atoms with Crippen molar-refractivity contribution in [1.82, 2.24) is 9.55 Å². The molecule has 17 heavy (non-hydrogen) atoms. The van der Waals surface area contributed by atoms with Crippen molar-refractivity contribution in [1.29, 1.82) is 0 Å². The Kier molecular flexibility index (Phi) is 3.59. The molecule has 3 nitrogen and oxygen atoms in total. The Morgan fingerprint density at radius 3 is 2.47 bits per heavy atom. The van der Waals surface area contributed by atoms with Crippen LogP contribution in [0.15, 0.2) is 36.7 Å². The van der Waals surface area contributed by atoms with Crippen LogP contribution in [0.25, 0.3) is 0 Å². The van der Waals surface area contributed by atoms with Gasteiger partial charge in [0.25, 0.3) is 0 Å². The number of aromatic nitrogens is 2. The number of rotatable bonds is 4. The van der Waals surface area contributed by atoms with Crippen LogP contribution < -0.4 is 5.73 Å². The van der Waals surface area contributed by atoms with Crippen molar-refractivity contribution in [2.24, 2.45) is 5.73 Å². The van der Waals surface area contributed by atoms with E-state index in [-0.39, 0.29) is 0 Å². The molecule has 0 fully saturated rings. The Bertz CT molecular complexity index is 473. The Balaban J connectivity index is 2.19. The zero-order valence-corrected chi connectivity index (χ0v) is 10.4. The minimum atomic E-state index is 0.350. The predicted molar refractivity (Wildman–Crippen MR) is 69.9 cm³/mol. The highest BCUT2D eigenvalue weighted by Crippen LogP contribution is 2.18. The summed E-state index contributed by atoms with van der Waals surface area (Å²) in [6, 6.07) is 10.4. The summed E-state index contributed by atoms with van der Waals surface area (Å²) in [6.07, 6.45) is 1.90. The number of benzene rings is 1. The lowest BCUT2D eigenvalue weighted by atomic mass is 9.99. The molecular weight excluding hydrogens is 210 g/mol. The lowest BCUT2D eigenvalue weighted by Crippen LogP contribution is -2.18. The molecule has 0 bridgehead atoms. The van der Waals surface area contributed by atoms with Gasteiger partial charge >= 0.3 is 0 Å². The first-order valence-electron chi connectivity index (χ1n) is 5.95. The van der Waals surface area contributed by atoms with Crippen LogP contribution in [-0.2, 0) is 6.54 Å². The molecule has 1 aromatic carbocycles. The number of nitrogens with zero attached hydrogens (tertiary/aromatic N) is 2. The van der Waals surface area contributed by atoms with Crippen LogP contribution in [-0.4, -0.2) is 16.1 Å². The average Bonchev–Trinajstić information content (AvgIpc) is 2.68. The van der Waals surface area contributed by atoms with E-state index in [2.05, 4.69) is 40.7 Å². The lowest BCUT2D eigenvalue weighted by molar-refractivity contribution is 0.557. The first kappa shape index (κ1) is 11.9. The van der Waals surface area contributed by atoms with Gasteiger partial charge in [0.05, 0.1) is 12.0 Å². The highest BCUT2D eigenvalue weighted by molar-refractivity contribution is 5.20. The second kappa shape index (κ2) is 5.15. The summed E-state index contributed by atoms with van der Waals surface area (Å²) in [5.74, 6) is 0.350. The summed E-state index contributed by atoms with van der Waals surface area (Å²) in [4.78, 5) is 4.32. The van der Waals surface area contributed by atoms with Gasteiger partial charge in [0.1, 0.15) is 0 Å². The number of aryl methyl sites for hydroxylation is 1. The summed E-state index contributed by atoms with van der Waals surface area (Å²) < 4.78 is 2.18. The van der Waals surface area contributed by atoms with Gasteiger partial charge in [0, 0.05) is 24.7 Å². The van der Waals surface area contributed by atoms with E-state index in [1.54, 1.807) is 0 Å². The second-order valence-corrected chi connectivity index (χ2v) is 4.41. The SMILES string of the molecule is Cc1ncn(CC(CN)c2ccccc2)c1C. The lowest BCUT2D eigenvalue weighted by Gasteiger charge is -2.17. The zero-order chi connectivity index (χ0) is 12.3. The van der Waals surface area contributed by atoms with Gasteiger partial charge in [0.2, 0.25) is 0 Å². The van der Waals surface area contributed by atoms with E-state index >= 15 is 0 Å². The second-order valence-electron chi connectivity index (χ2n) is 4.41. The van der Waals surface area contributed by atoms with E-state index < -0.39 is 0 Å². The molecule has 1 unspecified atom stereocenters. The first-order chi connectivity index (χ1) is 8.22. The van der Waals surface area contributed by atoms with E-state index in [1.807, 2.05) is 19.3 Å². The van der Waals surface area contributed by atoms with Gasteiger partial charge in [-0.05, 0) is 19.4 Å². The quantitative estimate of drug-likeness (QED) is 0.873. The van der Waals surface area contributed by atoms with Crippen molar-refractivity contribution in [2.75, 3.05) is 6.54 Å². The smallest absolute Gasteiger partial charge is 0.0951 e. The molecule has 1 heterocycles.